The van der Waals surface area contributed by atoms with Crippen LogP contribution in [0.2, 0.25) is 0 Å². The van der Waals surface area contributed by atoms with Crippen molar-refractivity contribution < 1.29 is 13.2 Å². The lowest BCUT2D eigenvalue weighted by Crippen LogP contribution is -2.35. The second kappa shape index (κ2) is 7.91. The number of hydrogen-bond acceptors (Lipinski definition) is 1. The van der Waals surface area contributed by atoms with Crippen LogP contribution in [0.25, 0.3) is 0 Å². The first-order chi connectivity index (χ1) is 6.98. The summed E-state index contributed by atoms with van der Waals surface area (Å²) in [4.78, 5) is -1.00. The second-order valence-corrected chi connectivity index (χ2v) is 3.93. The van der Waals surface area contributed by atoms with E-state index in [1.165, 1.54) is 19.3 Å². The fourth-order valence-corrected chi connectivity index (χ4v) is 1.31. The van der Waals surface area contributed by atoms with Crippen molar-refractivity contribution in [3.8, 4) is 0 Å². The molecule has 0 aromatic heterocycles. The van der Waals surface area contributed by atoms with Crippen LogP contribution < -0.4 is 5.32 Å². The van der Waals surface area contributed by atoms with E-state index in [1.807, 2.05) is 0 Å². The Morgan fingerprint density at radius 1 is 1.07 bits per heavy atom. The summed E-state index contributed by atoms with van der Waals surface area (Å²) in [5.41, 5.74) is 0. The van der Waals surface area contributed by atoms with E-state index in [2.05, 4.69) is 24.5 Å². The van der Waals surface area contributed by atoms with Crippen LogP contribution in [0.4, 0.5) is 13.2 Å². The Balaban J connectivity index is 3.28. The Morgan fingerprint density at radius 3 is 2.13 bits per heavy atom. The first kappa shape index (κ1) is 14.7. The minimum absolute atomic E-state index is 0.324. The minimum atomic E-state index is -4.38. The number of nitrogens with one attached hydrogen (secondary N) is 1. The van der Waals surface area contributed by atoms with E-state index in [0.29, 0.717) is 6.54 Å². The molecule has 0 aliphatic heterocycles. The molecule has 90 valence electrons. The van der Waals surface area contributed by atoms with Crippen LogP contribution >= 0.6 is 12.2 Å². The third kappa shape index (κ3) is 8.66. The van der Waals surface area contributed by atoms with Crippen LogP contribution in [-0.4, -0.2) is 17.7 Å². The van der Waals surface area contributed by atoms with Gasteiger partial charge in [-0.15, -0.1) is 0 Å². The van der Waals surface area contributed by atoms with Gasteiger partial charge in [-0.3, -0.25) is 0 Å². The van der Waals surface area contributed by atoms with Crippen LogP contribution in [0.15, 0.2) is 0 Å². The van der Waals surface area contributed by atoms with Crippen molar-refractivity contribution in [1.29, 1.82) is 0 Å². The van der Waals surface area contributed by atoms with Crippen LogP contribution in [0.5, 0.6) is 0 Å². The summed E-state index contributed by atoms with van der Waals surface area (Å²) in [7, 11) is 0. The molecule has 0 unspecified atom stereocenters. The third-order valence-electron chi connectivity index (χ3n) is 2.07. The molecule has 0 radical (unpaired) electrons. The number of hydrogen-bond donors (Lipinski definition) is 1. The number of thiocarbonyl (C=S) groups is 1. The highest BCUT2D eigenvalue weighted by atomic mass is 32.1. The van der Waals surface area contributed by atoms with Gasteiger partial charge < -0.3 is 5.32 Å². The molecule has 0 saturated carbocycles. The maximum atomic E-state index is 11.9. The minimum Gasteiger partial charge on any atom is -0.372 e. The highest BCUT2D eigenvalue weighted by Crippen LogP contribution is 2.15. The zero-order valence-corrected chi connectivity index (χ0v) is 9.81. The standard InChI is InChI=1S/C10H18F3NS/c1-2-3-4-5-6-7-8-14-9(15)10(11,12)13/h2-8H2,1H3,(H,14,15). The first-order valence-electron chi connectivity index (χ1n) is 5.33. The van der Waals surface area contributed by atoms with E-state index in [0.717, 1.165) is 19.3 Å². The van der Waals surface area contributed by atoms with E-state index >= 15 is 0 Å². The van der Waals surface area contributed by atoms with Crippen molar-refractivity contribution >= 4 is 17.2 Å². The lowest BCUT2D eigenvalue weighted by molar-refractivity contribution is -0.0591. The van der Waals surface area contributed by atoms with Crippen LogP contribution in [0.3, 0.4) is 0 Å². The predicted octanol–water partition coefficient (Wildman–Crippen LogP) is 3.83. The molecule has 0 aliphatic carbocycles. The largest absolute Gasteiger partial charge is 0.441 e. The molecule has 5 heteroatoms. The molecule has 0 aliphatic rings. The average molecular weight is 241 g/mol. The maximum absolute atomic E-state index is 11.9. The molecule has 0 amide bonds. The smallest absolute Gasteiger partial charge is 0.372 e. The van der Waals surface area contributed by atoms with Gasteiger partial charge in [-0.2, -0.15) is 13.2 Å². The summed E-state index contributed by atoms with van der Waals surface area (Å²) in [6.07, 6.45) is 1.98. The van der Waals surface area contributed by atoms with Gasteiger partial charge in [-0.05, 0) is 6.42 Å². The van der Waals surface area contributed by atoms with Crippen molar-refractivity contribution in [3.63, 3.8) is 0 Å². The van der Waals surface area contributed by atoms with Gasteiger partial charge in [0.2, 0.25) is 0 Å². The molecule has 0 saturated heterocycles. The summed E-state index contributed by atoms with van der Waals surface area (Å²) < 4.78 is 35.8. The van der Waals surface area contributed by atoms with Gasteiger partial charge in [0.05, 0.1) is 0 Å². The molecular weight excluding hydrogens is 223 g/mol. The molecule has 15 heavy (non-hydrogen) atoms. The topological polar surface area (TPSA) is 12.0 Å². The molecule has 0 bridgehead atoms. The summed E-state index contributed by atoms with van der Waals surface area (Å²) in [6, 6.07) is 0. The Morgan fingerprint density at radius 2 is 1.60 bits per heavy atom. The lowest BCUT2D eigenvalue weighted by atomic mass is 10.1. The SMILES string of the molecule is CCCCCCCCNC(=S)C(F)(F)F. The van der Waals surface area contributed by atoms with Gasteiger partial charge >= 0.3 is 6.18 Å². The monoisotopic (exact) mass is 241 g/mol. The lowest BCUT2D eigenvalue weighted by Gasteiger charge is -2.10. The number of unbranched alkanes of at least 4 members (excludes halogenated alkanes) is 5. The maximum Gasteiger partial charge on any atom is 0.441 e. The third-order valence-corrected chi connectivity index (χ3v) is 2.45. The number of rotatable bonds is 7. The van der Waals surface area contributed by atoms with Crippen LogP contribution in [0, 0.1) is 0 Å². The fourth-order valence-electron chi connectivity index (χ4n) is 1.21. The normalized spacial score (nSPS) is 11.5. The molecule has 0 rings (SSSR count). The molecule has 0 atom stereocenters. The Kier molecular flexibility index (Phi) is 7.74. The summed E-state index contributed by atoms with van der Waals surface area (Å²) in [5, 5.41) is 2.22. The van der Waals surface area contributed by atoms with E-state index in [9.17, 15) is 13.2 Å². The Bertz CT molecular complexity index is 180. The zero-order chi connectivity index (χ0) is 11.7. The quantitative estimate of drug-likeness (QED) is 0.537. The van der Waals surface area contributed by atoms with Gasteiger partial charge in [0.15, 0.2) is 4.99 Å². The number of halogens is 3. The van der Waals surface area contributed by atoms with Gasteiger partial charge in [-0.1, -0.05) is 51.2 Å². The van der Waals surface area contributed by atoms with Gasteiger partial charge in [-0.25, -0.2) is 0 Å². The molecule has 0 heterocycles. The van der Waals surface area contributed by atoms with Crippen molar-refractivity contribution in [2.75, 3.05) is 6.54 Å². The van der Waals surface area contributed by atoms with E-state index < -0.39 is 11.2 Å². The highest BCUT2D eigenvalue weighted by Gasteiger charge is 2.33. The summed E-state index contributed by atoms with van der Waals surface area (Å²) in [6.45, 7) is 2.45. The zero-order valence-electron chi connectivity index (χ0n) is 8.99. The Labute approximate surface area is 94.4 Å². The van der Waals surface area contributed by atoms with E-state index in [-0.39, 0.29) is 0 Å². The summed E-state index contributed by atoms with van der Waals surface area (Å²) in [5.74, 6) is 0. The van der Waals surface area contributed by atoms with Crippen LogP contribution in [-0.2, 0) is 0 Å². The van der Waals surface area contributed by atoms with Crippen LogP contribution in [0.1, 0.15) is 45.4 Å². The molecule has 1 N–H and O–H groups in total. The molecule has 0 fully saturated rings. The summed E-state index contributed by atoms with van der Waals surface area (Å²) >= 11 is 4.17. The van der Waals surface area contributed by atoms with Crippen molar-refractivity contribution in [2.45, 2.75) is 51.6 Å². The van der Waals surface area contributed by atoms with Gasteiger partial charge in [0.25, 0.3) is 0 Å². The van der Waals surface area contributed by atoms with Crippen molar-refractivity contribution in [2.24, 2.45) is 0 Å². The molecule has 0 aromatic carbocycles. The van der Waals surface area contributed by atoms with Gasteiger partial charge in [0.1, 0.15) is 0 Å². The van der Waals surface area contributed by atoms with E-state index in [4.69, 9.17) is 0 Å². The molecule has 1 nitrogen and oxygen atoms in total. The number of alkyl halides is 3. The predicted molar refractivity (Wildman–Crippen MR) is 60.0 cm³/mol. The van der Waals surface area contributed by atoms with Gasteiger partial charge in [0, 0.05) is 6.54 Å². The molecule has 0 spiro atoms. The molecular formula is C10H18F3NS. The highest BCUT2D eigenvalue weighted by molar-refractivity contribution is 7.80. The first-order valence-corrected chi connectivity index (χ1v) is 5.74. The fraction of sp³-hybridized carbons (Fsp3) is 0.900. The Hall–Kier alpha value is -0.320. The van der Waals surface area contributed by atoms with Crippen molar-refractivity contribution in [1.82, 2.24) is 5.32 Å². The van der Waals surface area contributed by atoms with E-state index in [1.54, 1.807) is 0 Å². The van der Waals surface area contributed by atoms with Crippen molar-refractivity contribution in [3.05, 3.63) is 0 Å². The molecule has 0 aromatic rings. The second-order valence-electron chi connectivity index (χ2n) is 3.52. The average Bonchev–Trinajstić information content (AvgIpc) is 2.14.